The van der Waals surface area contributed by atoms with E-state index in [0.717, 1.165) is 27.6 Å². The van der Waals surface area contributed by atoms with Gasteiger partial charge in [-0.3, -0.25) is 4.90 Å². The number of fused-ring (bicyclic) bond motifs is 2. The van der Waals surface area contributed by atoms with Crippen LogP contribution < -0.4 is 4.90 Å². The van der Waals surface area contributed by atoms with Crippen LogP contribution in [0.4, 0.5) is 10.6 Å². The van der Waals surface area contributed by atoms with Crippen molar-refractivity contribution in [3.05, 3.63) is 71.3 Å². The molecule has 2 aromatic carbocycles. The fraction of sp³-hybridized carbons (Fsp3) is 0.419. The van der Waals surface area contributed by atoms with Crippen LogP contribution in [0.15, 0.2) is 59.5 Å². The van der Waals surface area contributed by atoms with E-state index in [4.69, 9.17) is 9.72 Å². The number of amides is 1. The zero-order chi connectivity index (χ0) is 29.1. The van der Waals surface area contributed by atoms with Gasteiger partial charge in [-0.25, -0.2) is 18.2 Å². The molecule has 1 aromatic heterocycles. The van der Waals surface area contributed by atoms with E-state index in [1.807, 2.05) is 75.1 Å². The van der Waals surface area contributed by atoms with Gasteiger partial charge in [0.1, 0.15) is 11.5 Å². The molecule has 1 fully saturated rings. The van der Waals surface area contributed by atoms with E-state index in [9.17, 15) is 18.3 Å². The molecule has 0 radical (unpaired) electrons. The first kappa shape index (κ1) is 28.1. The lowest BCUT2D eigenvalue weighted by molar-refractivity contribution is -0.0510. The molecule has 3 aromatic rings. The van der Waals surface area contributed by atoms with Crippen LogP contribution >= 0.6 is 0 Å². The number of carboxylic acid groups (broad SMARTS) is 1. The summed E-state index contributed by atoms with van der Waals surface area (Å²) in [6, 6.07) is 15.2. The predicted molar refractivity (Wildman–Crippen MR) is 157 cm³/mol. The highest BCUT2D eigenvalue weighted by Gasteiger charge is 2.58. The number of anilines is 1. The Hall–Kier alpha value is -3.43. The van der Waals surface area contributed by atoms with Crippen molar-refractivity contribution in [3.63, 3.8) is 0 Å². The van der Waals surface area contributed by atoms with Gasteiger partial charge in [0.2, 0.25) is 0 Å². The van der Waals surface area contributed by atoms with Gasteiger partial charge in [0.15, 0.2) is 9.84 Å². The smallest absolute Gasteiger partial charge is 0.410 e. The molecule has 0 spiro atoms. The molecule has 5 rings (SSSR count). The third-order valence-electron chi connectivity index (χ3n) is 8.22. The second-order valence-corrected chi connectivity index (χ2v) is 14.4. The number of ether oxygens (including phenoxy) is 1. The minimum absolute atomic E-state index is 0.00404. The van der Waals surface area contributed by atoms with Crippen molar-refractivity contribution in [1.82, 2.24) is 9.88 Å². The summed E-state index contributed by atoms with van der Waals surface area (Å²) in [7, 11) is -3.41. The Morgan fingerprint density at radius 2 is 1.85 bits per heavy atom. The Balaban J connectivity index is 1.65. The zero-order valence-electron chi connectivity index (χ0n) is 23.9. The fourth-order valence-electron chi connectivity index (χ4n) is 5.86. The normalized spacial score (nSPS) is 22.4. The van der Waals surface area contributed by atoms with Gasteiger partial charge in [-0.2, -0.15) is 0 Å². The van der Waals surface area contributed by atoms with Crippen LogP contribution in [0.1, 0.15) is 51.3 Å². The van der Waals surface area contributed by atoms with Gasteiger partial charge in [0.05, 0.1) is 28.3 Å². The number of hydrogen-bond acceptors (Lipinski definition) is 6. The molecule has 0 aliphatic carbocycles. The molecule has 1 N–H and O–H groups in total. The number of sulfone groups is 1. The first-order valence-electron chi connectivity index (χ1n) is 13.5. The first-order chi connectivity index (χ1) is 18.6. The number of rotatable bonds is 3. The van der Waals surface area contributed by atoms with E-state index in [1.54, 1.807) is 26.0 Å². The molecule has 1 amide bonds. The lowest BCUT2D eigenvalue weighted by Crippen LogP contribution is -2.60. The van der Waals surface area contributed by atoms with Crippen molar-refractivity contribution < 1.29 is 23.1 Å². The lowest BCUT2D eigenvalue weighted by atomic mass is 9.72. The Labute approximate surface area is 236 Å². The first-order valence-corrected chi connectivity index (χ1v) is 15.1. The largest absolute Gasteiger partial charge is 0.465 e. The summed E-state index contributed by atoms with van der Waals surface area (Å²) >= 11 is 0. The monoisotopic (exact) mass is 563 g/mol. The summed E-state index contributed by atoms with van der Waals surface area (Å²) in [4.78, 5) is 21.3. The standard InChI is InChI=1S/C31H37N3O5S/c1-21-11-12-25-24(17-21)22(13-14-31(29(2,3)4)20-39-30(5,6)34(31)28(35)36)18-27(32-25)33-15-16-40(37,38)26-10-8-7-9-23(26)19-33/h7-14,17-18H,15-16,19-20H2,1-6H3,(H,35,36)/t31-/m0/s1. The molecule has 2 aliphatic rings. The van der Waals surface area contributed by atoms with E-state index in [2.05, 4.69) is 6.07 Å². The van der Waals surface area contributed by atoms with Crippen molar-refractivity contribution >= 4 is 38.7 Å². The number of aryl methyl sites for hydroxylation is 1. The summed E-state index contributed by atoms with van der Waals surface area (Å²) in [6.07, 6.45) is 2.89. The Kier molecular flexibility index (Phi) is 6.74. The molecule has 212 valence electrons. The molecular formula is C31H37N3O5S. The predicted octanol–water partition coefficient (Wildman–Crippen LogP) is 5.88. The number of carbonyl (C=O) groups is 1. The van der Waals surface area contributed by atoms with E-state index in [1.165, 1.54) is 4.90 Å². The van der Waals surface area contributed by atoms with Crippen molar-refractivity contribution in [2.24, 2.45) is 5.41 Å². The number of nitrogens with zero attached hydrogens (tertiary/aromatic N) is 3. The third kappa shape index (κ3) is 4.75. The van der Waals surface area contributed by atoms with Crippen LogP contribution in [-0.4, -0.2) is 59.7 Å². The highest BCUT2D eigenvalue weighted by molar-refractivity contribution is 7.91. The van der Waals surface area contributed by atoms with E-state index in [0.29, 0.717) is 23.8 Å². The molecule has 0 bridgehead atoms. The average molecular weight is 564 g/mol. The number of hydrogen-bond donors (Lipinski definition) is 1. The van der Waals surface area contributed by atoms with Crippen molar-refractivity contribution in [3.8, 4) is 0 Å². The molecule has 40 heavy (non-hydrogen) atoms. The Morgan fingerprint density at radius 1 is 1.12 bits per heavy atom. The van der Waals surface area contributed by atoms with Crippen molar-refractivity contribution in [2.45, 2.75) is 64.2 Å². The average Bonchev–Trinajstić information content (AvgIpc) is 3.08. The molecule has 8 nitrogen and oxygen atoms in total. The van der Waals surface area contributed by atoms with Crippen LogP contribution in [0.3, 0.4) is 0 Å². The second-order valence-electron chi connectivity index (χ2n) is 12.3. The molecule has 0 unspecified atom stereocenters. The molecule has 9 heteroatoms. The Morgan fingerprint density at radius 3 is 2.55 bits per heavy atom. The highest BCUT2D eigenvalue weighted by atomic mass is 32.2. The van der Waals surface area contributed by atoms with Crippen LogP contribution in [0.2, 0.25) is 0 Å². The highest BCUT2D eigenvalue weighted by Crippen LogP contribution is 2.47. The van der Waals surface area contributed by atoms with Crippen LogP contribution in [0, 0.1) is 12.3 Å². The zero-order valence-corrected chi connectivity index (χ0v) is 24.7. The van der Waals surface area contributed by atoms with Gasteiger partial charge in [-0.1, -0.05) is 62.8 Å². The fourth-order valence-corrected chi connectivity index (χ4v) is 7.36. The van der Waals surface area contributed by atoms with Gasteiger partial charge in [-0.05, 0) is 61.6 Å². The van der Waals surface area contributed by atoms with E-state index >= 15 is 0 Å². The summed E-state index contributed by atoms with van der Waals surface area (Å²) in [5.74, 6) is 0.668. The number of benzene rings is 2. The van der Waals surface area contributed by atoms with Gasteiger partial charge < -0.3 is 14.7 Å². The lowest BCUT2D eigenvalue weighted by Gasteiger charge is -2.46. The maximum Gasteiger partial charge on any atom is 0.410 e. The van der Waals surface area contributed by atoms with E-state index < -0.39 is 32.6 Å². The maximum atomic E-state index is 13.0. The quantitative estimate of drug-likeness (QED) is 0.425. The van der Waals surface area contributed by atoms with Gasteiger partial charge in [-0.15, -0.1) is 0 Å². The summed E-state index contributed by atoms with van der Waals surface area (Å²) in [5.41, 5.74) is 1.11. The van der Waals surface area contributed by atoms with Crippen molar-refractivity contribution in [2.75, 3.05) is 23.8 Å². The number of aromatic nitrogens is 1. The van der Waals surface area contributed by atoms with Gasteiger partial charge in [0.25, 0.3) is 0 Å². The summed E-state index contributed by atoms with van der Waals surface area (Å²) < 4.78 is 32.0. The van der Waals surface area contributed by atoms with Gasteiger partial charge in [0, 0.05) is 18.5 Å². The Bertz CT molecular complexity index is 1620. The third-order valence-corrected chi connectivity index (χ3v) is 10.0. The maximum absolute atomic E-state index is 13.0. The van der Waals surface area contributed by atoms with Crippen molar-refractivity contribution in [1.29, 1.82) is 0 Å². The summed E-state index contributed by atoms with van der Waals surface area (Å²) in [5, 5.41) is 11.2. The molecule has 2 aliphatic heterocycles. The van der Waals surface area contributed by atoms with Gasteiger partial charge >= 0.3 is 6.09 Å². The molecule has 0 saturated carbocycles. The van der Waals surface area contributed by atoms with E-state index in [-0.39, 0.29) is 12.4 Å². The second kappa shape index (κ2) is 9.59. The van der Waals surface area contributed by atoms with Crippen LogP contribution in [-0.2, 0) is 21.1 Å². The number of pyridine rings is 1. The SMILES string of the molecule is Cc1ccc2nc(N3CCS(=O)(=O)c4ccccc4C3)cc(C=C[C@@]3(C(C)(C)C)COC(C)(C)N3C(=O)O)c2c1. The minimum atomic E-state index is -3.41. The molecule has 1 saturated heterocycles. The van der Waals surface area contributed by atoms with Crippen LogP contribution in [0.25, 0.3) is 17.0 Å². The summed E-state index contributed by atoms with van der Waals surface area (Å²) in [6.45, 7) is 12.6. The molecular weight excluding hydrogens is 526 g/mol. The topological polar surface area (TPSA) is 100 Å². The molecule has 3 heterocycles. The van der Waals surface area contributed by atoms with Crippen LogP contribution in [0.5, 0.6) is 0 Å². The minimum Gasteiger partial charge on any atom is -0.465 e. The molecule has 1 atom stereocenters.